The summed E-state index contributed by atoms with van der Waals surface area (Å²) < 4.78 is 5.44. The van der Waals surface area contributed by atoms with Crippen molar-refractivity contribution in [1.29, 1.82) is 0 Å². The van der Waals surface area contributed by atoms with E-state index in [4.69, 9.17) is 4.74 Å². The quantitative estimate of drug-likeness (QED) is 0.732. The molecule has 0 aromatic carbocycles. The van der Waals surface area contributed by atoms with E-state index in [1.807, 2.05) is 0 Å². The highest BCUT2D eigenvalue weighted by molar-refractivity contribution is 4.86. The molecule has 2 aliphatic rings. The lowest BCUT2D eigenvalue weighted by molar-refractivity contribution is 0.0433. The molecular weight excluding hydrogens is 188 g/mol. The van der Waals surface area contributed by atoms with Crippen molar-refractivity contribution in [3.8, 4) is 0 Å². The Kier molecular flexibility index (Phi) is 4.42. The first-order valence-electron chi connectivity index (χ1n) is 6.37. The third-order valence-electron chi connectivity index (χ3n) is 3.95. The first-order chi connectivity index (χ1) is 7.42. The number of ether oxygens (including phenoxy) is 1. The summed E-state index contributed by atoms with van der Waals surface area (Å²) >= 11 is 0. The van der Waals surface area contributed by atoms with Crippen molar-refractivity contribution in [2.75, 3.05) is 33.4 Å². The highest BCUT2D eigenvalue weighted by Crippen LogP contribution is 2.26. The third kappa shape index (κ3) is 2.92. The minimum atomic E-state index is 0.696. The van der Waals surface area contributed by atoms with Gasteiger partial charge in [-0.3, -0.25) is 0 Å². The van der Waals surface area contributed by atoms with Gasteiger partial charge in [-0.15, -0.1) is 0 Å². The standard InChI is InChI=1S/C12H24N2O/c1-13-12(10-4-7-15-8-5-10)11-3-2-6-14-9-11/h10-14H,2-9H2,1H3. The molecular formula is C12H24N2O. The SMILES string of the molecule is CNC(C1CCOCC1)C1CCCNC1. The molecule has 2 atom stereocenters. The maximum absolute atomic E-state index is 5.44. The topological polar surface area (TPSA) is 33.3 Å². The van der Waals surface area contributed by atoms with Gasteiger partial charge in [0.2, 0.25) is 0 Å². The summed E-state index contributed by atoms with van der Waals surface area (Å²) in [4.78, 5) is 0. The molecule has 2 N–H and O–H groups in total. The van der Waals surface area contributed by atoms with E-state index in [-0.39, 0.29) is 0 Å². The van der Waals surface area contributed by atoms with Crippen molar-refractivity contribution in [3.05, 3.63) is 0 Å². The molecule has 2 rings (SSSR count). The van der Waals surface area contributed by atoms with Crippen molar-refractivity contribution in [1.82, 2.24) is 10.6 Å². The van der Waals surface area contributed by atoms with Gasteiger partial charge in [-0.25, -0.2) is 0 Å². The summed E-state index contributed by atoms with van der Waals surface area (Å²) in [5, 5.41) is 7.06. The van der Waals surface area contributed by atoms with Gasteiger partial charge in [-0.05, 0) is 57.7 Å². The fraction of sp³-hybridized carbons (Fsp3) is 1.00. The summed E-state index contributed by atoms with van der Waals surface area (Å²) in [6, 6.07) is 0.696. The van der Waals surface area contributed by atoms with Crippen molar-refractivity contribution in [2.45, 2.75) is 31.7 Å². The molecule has 3 nitrogen and oxygen atoms in total. The molecule has 0 saturated carbocycles. The molecule has 0 bridgehead atoms. The van der Waals surface area contributed by atoms with Crippen LogP contribution in [0.5, 0.6) is 0 Å². The smallest absolute Gasteiger partial charge is 0.0469 e. The third-order valence-corrected chi connectivity index (χ3v) is 3.95. The van der Waals surface area contributed by atoms with E-state index in [1.165, 1.54) is 38.8 Å². The Labute approximate surface area is 93.0 Å². The van der Waals surface area contributed by atoms with Gasteiger partial charge in [0.05, 0.1) is 0 Å². The molecule has 2 aliphatic heterocycles. The van der Waals surface area contributed by atoms with Crippen LogP contribution in [0, 0.1) is 11.8 Å². The van der Waals surface area contributed by atoms with Crippen molar-refractivity contribution in [3.63, 3.8) is 0 Å². The summed E-state index contributed by atoms with van der Waals surface area (Å²) in [5.74, 6) is 1.65. The second kappa shape index (κ2) is 5.83. The zero-order chi connectivity index (χ0) is 10.5. The number of hydrogen-bond donors (Lipinski definition) is 2. The second-order valence-corrected chi connectivity index (χ2v) is 4.87. The van der Waals surface area contributed by atoms with Crippen LogP contribution in [0.4, 0.5) is 0 Å². The Hall–Kier alpha value is -0.120. The van der Waals surface area contributed by atoms with Crippen molar-refractivity contribution >= 4 is 0 Å². The molecule has 88 valence electrons. The minimum absolute atomic E-state index is 0.696. The number of nitrogens with one attached hydrogen (secondary N) is 2. The van der Waals surface area contributed by atoms with Crippen LogP contribution in [0.2, 0.25) is 0 Å². The van der Waals surface area contributed by atoms with E-state index in [2.05, 4.69) is 17.7 Å². The molecule has 15 heavy (non-hydrogen) atoms. The maximum atomic E-state index is 5.44. The van der Waals surface area contributed by atoms with Gasteiger partial charge in [-0.2, -0.15) is 0 Å². The van der Waals surface area contributed by atoms with Gasteiger partial charge in [0, 0.05) is 19.3 Å². The predicted molar refractivity (Wildman–Crippen MR) is 62.0 cm³/mol. The molecule has 0 amide bonds. The first kappa shape index (κ1) is 11.4. The van der Waals surface area contributed by atoms with Gasteiger partial charge in [0.25, 0.3) is 0 Å². The molecule has 3 heteroatoms. The van der Waals surface area contributed by atoms with E-state index >= 15 is 0 Å². The summed E-state index contributed by atoms with van der Waals surface area (Å²) in [5.41, 5.74) is 0. The summed E-state index contributed by atoms with van der Waals surface area (Å²) in [7, 11) is 2.12. The van der Waals surface area contributed by atoms with Crippen LogP contribution in [-0.4, -0.2) is 39.4 Å². The molecule has 2 unspecified atom stereocenters. The highest BCUT2D eigenvalue weighted by atomic mass is 16.5. The van der Waals surface area contributed by atoms with Gasteiger partial charge in [0.15, 0.2) is 0 Å². The van der Waals surface area contributed by atoms with Crippen LogP contribution in [0.3, 0.4) is 0 Å². The van der Waals surface area contributed by atoms with E-state index < -0.39 is 0 Å². The van der Waals surface area contributed by atoms with E-state index in [0.717, 1.165) is 25.0 Å². The van der Waals surface area contributed by atoms with Crippen molar-refractivity contribution in [2.24, 2.45) is 11.8 Å². The fourth-order valence-corrected chi connectivity index (χ4v) is 3.12. The minimum Gasteiger partial charge on any atom is -0.381 e. The fourth-order valence-electron chi connectivity index (χ4n) is 3.12. The van der Waals surface area contributed by atoms with E-state index in [0.29, 0.717) is 6.04 Å². The van der Waals surface area contributed by atoms with Gasteiger partial charge >= 0.3 is 0 Å². The lowest BCUT2D eigenvalue weighted by Crippen LogP contribution is -2.48. The summed E-state index contributed by atoms with van der Waals surface area (Å²) in [6.07, 6.45) is 5.20. The Morgan fingerprint density at radius 3 is 2.60 bits per heavy atom. The molecule has 0 radical (unpaired) electrons. The van der Waals surface area contributed by atoms with Crippen LogP contribution >= 0.6 is 0 Å². The Morgan fingerprint density at radius 1 is 1.20 bits per heavy atom. The average Bonchev–Trinajstić information content (AvgIpc) is 2.33. The number of hydrogen-bond acceptors (Lipinski definition) is 3. The number of rotatable bonds is 3. The Morgan fingerprint density at radius 2 is 2.00 bits per heavy atom. The monoisotopic (exact) mass is 212 g/mol. The Balaban J connectivity index is 1.88. The molecule has 2 saturated heterocycles. The van der Waals surface area contributed by atoms with E-state index in [1.54, 1.807) is 0 Å². The molecule has 0 aromatic heterocycles. The molecule has 0 aliphatic carbocycles. The highest BCUT2D eigenvalue weighted by Gasteiger charge is 2.30. The second-order valence-electron chi connectivity index (χ2n) is 4.87. The molecule has 0 aromatic rings. The van der Waals surface area contributed by atoms with Crippen LogP contribution in [0.25, 0.3) is 0 Å². The Bertz CT molecular complexity index is 156. The van der Waals surface area contributed by atoms with Crippen LogP contribution in [-0.2, 0) is 4.74 Å². The maximum Gasteiger partial charge on any atom is 0.0469 e. The molecule has 2 fully saturated rings. The molecule has 0 spiro atoms. The van der Waals surface area contributed by atoms with Crippen LogP contribution in [0.1, 0.15) is 25.7 Å². The largest absolute Gasteiger partial charge is 0.381 e. The lowest BCUT2D eigenvalue weighted by atomic mass is 9.80. The predicted octanol–water partition coefficient (Wildman–Crippen LogP) is 1.00. The van der Waals surface area contributed by atoms with E-state index in [9.17, 15) is 0 Å². The average molecular weight is 212 g/mol. The normalized spacial score (nSPS) is 31.4. The van der Waals surface area contributed by atoms with Crippen LogP contribution < -0.4 is 10.6 Å². The van der Waals surface area contributed by atoms with Gasteiger partial charge < -0.3 is 15.4 Å². The summed E-state index contributed by atoms with van der Waals surface area (Å²) in [6.45, 7) is 4.33. The van der Waals surface area contributed by atoms with Crippen molar-refractivity contribution < 1.29 is 4.74 Å². The van der Waals surface area contributed by atoms with Gasteiger partial charge in [-0.1, -0.05) is 0 Å². The lowest BCUT2D eigenvalue weighted by Gasteiger charge is -2.37. The van der Waals surface area contributed by atoms with Gasteiger partial charge in [0.1, 0.15) is 0 Å². The van der Waals surface area contributed by atoms with Crippen LogP contribution in [0.15, 0.2) is 0 Å². The first-order valence-corrected chi connectivity index (χ1v) is 6.37. The number of piperidine rings is 1. The zero-order valence-corrected chi connectivity index (χ0v) is 9.80. The molecule has 2 heterocycles. The zero-order valence-electron chi connectivity index (χ0n) is 9.80.